The number of hydrogen-bond donors (Lipinski definition) is 3. The molecule has 2 aliphatic rings. The zero-order chi connectivity index (χ0) is 23.9. The van der Waals surface area contributed by atoms with Crippen LogP contribution in [0.2, 0.25) is 0 Å². The molecule has 1 aromatic carbocycles. The smallest absolute Gasteiger partial charge is 0.275 e. The highest BCUT2D eigenvalue weighted by Gasteiger charge is 2.22. The number of ether oxygens (including phenoxy) is 1. The molecule has 3 heterocycles. The molecule has 3 N–H and O–H groups in total. The minimum Gasteiger partial charge on any atom is -0.383 e. The summed E-state index contributed by atoms with van der Waals surface area (Å²) in [6.45, 7) is 8.58. The zero-order valence-corrected chi connectivity index (χ0v) is 20.7. The lowest BCUT2D eigenvalue weighted by atomic mass is 10.1. The molecule has 2 aliphatic heterocycles. The number of methoxy groups -OCH3 is 1. The van der Waals surface area contributed by atoms with Gasteiger partial charge < -0.3 is 25.6 Å². The number of piperazine rings is 1. The summed E-state index contributed by atoms with van der Waals surface area (Å²) in [5.74, 6) is -0.547. The SMILES string of the molecule is COCCNC(=O)c1cc(CN2CCNCC2C)ccc1NC(=O)c1csc(N2CCCC2)n1. The predicted octanol–water partition coefficient (Wildman–Crippen LogP) is 2.17. The Morgan fingerprint density at radius 2 is 2.06 bits per heavy atom. The van der Waals surface area contributed by atoms with E-state index in [4.69, 9.17) is 4.74 Å². The van der Waals surface area contributed by atoms with Crippen molar-refractivity contribution in [1.82, 2.24) is 20.5 Å². The molecule has 1 atom stereocenters. The van der Waals surface area contributed by atoms with Crippen LogP contribution in [0.1, 0.15) is 46.2 Å². The van der Waals surface area contributed by atoms with Crippen LogP contribution in [0.3, 0.4) is 0 Å². The van der Waals surface area contributed by atoms with Crippen LogP contribution < -0.4 is 20.9 Å². The monoisotopic (exact) mass is 486 g/mol. The van der Waals surface area contributed by atoms with Gasteiger partial charge in [-0.15, -0.1) is 11.3 Å². The Hall–Kier alpha value is -2.53. The maximum Gasteiger partial charge on any atom is 0.275 e. The van der Waals surface area contributed by atoms with E-state index in [1.165, 1.54) is 11.3 Å². The van der Waals surface area contributed by atoms with E-state index in [2.05, 4.69) is 37.7 Å². The number of hydrogen-bond acceptors (Lipinski definition) is 8. The number of carbonyl (C=O) groups is 2. The van der Waals surface area contributed by atoms with E-state index >= 15 is 0 Å². The molecule has 184 valence electrons. The van der Waals surface area contributed by atoms with E-state index in [9.17, 15) is 9.59 Å². The van der Waals surface area contributed by atoms with Crippen LogP contribution in [0.25, 0.3) is 0 Å². The topological polar surface area (TPSA) is 98.8 Å². The molecule has 0 aliphatic carbocycles. The third-order valence-corrected chi connectivity index (χ3v) is 7.20. The number of carbonyl (C=O) groups excluding carboxylic acids is 2. The highest BCUT2D eigenvalue weighted by molar-refractivity contribution is 7.14. The van der Waals surface area contributed by atoms with Crippen LogP contribution in [0.4, 0.5) is 10.8 Å². The Labute approximate surface area is 204 Å². The lowest BCUT2D eigenvalue weighted by Crippen LogP contribution is -2.49. The summed E-state index contributed by atoms with van der Waals surface area (Å²) in [6, 6.07) is 6.09. The van der Waals surface area contributed by atoms with Gasteiger partial charge in [0, 0.05) is 64.3 Å². The summed E-state index contributed by atoms with van der Waals surface area (Å²) < 4.78 is 5.05. The van der Waals surface area contributed by atoms with Crippen molar-refractivity contribution in [2.45, 2.75) is 32.4 Å². The minimum atomic E-state index is -0.309. The molecule has 0 saturated carbocycles. The summed E-state index contributed by atoms with van der Waals surface area (Å²) in [4.78, 5) is 35.1. The molecule has 4 rings (SSSR count). The van der Waals surface area contributed by atoms with Crippen molar-refractivity contribution >= 4 is 34.0 Å². The average Bonchev–Trinajstić information content (AvgIpc) is 3.54. The number of amides is 2. The summed E-state index contributed by atoms with van der Waals surface area (Å²) in [5, 5.41) is 11.8. The Kier molecular flexibility index (Phi) is 8.49. The van der Waals surface area contributed by atoms with Crippen molar-refractivity contribution in [2.24, 2.45) is 0 Å². The molecule has 0 spiro atoms. The van der Waals surface area contributed by atoms with Gasteiger partial charge in [-0.2, -0.15) is 0 Å². The van der Waals surface area contributed by atoms with Crippen LogP contribution >= 0.6 is 11.3 Å². The fourth-order valence-corrected chi connectivity index (χ4v) is 5.17. The highest BCUT2D eigenvalue weighted by Crippen LogP contribution is 2.26. The molecule has 0 bridgehead atoms. The first-order valence-electron chi connectivity index (χ1n) is 11.9. The average molecular weight is 487 g/mol. The number of thiazole rings is 1. The van der Waals surface area contributed by atoms with Gasteiger partial charge in [-0.3, -0.25) is 14.5 Å². The summed E-state index contributed by atoms with van der Waals surface area (Å²) in [6.07, 6.45) is 2.31. The van der Waals surface area contributed by atoms with Crippen molar-refractivity contribution in [3.05, 3.63) is 40.4 Å². The fraction of sp³-hybridized carbons (Fsp3) is 0.542. The van der Waals surface area contributed by atoms with Gasteiger partial charge in [0.1, 0.15) is 5.69 Å². The van der Waals surface area contributed by atoms with E-state index in [1.54, 1.807) is 12.5 Å². The standard InChI is InChI=1S/C24H34N6O3S/c1-17-14-25-7-11-30(17)15-18-5-6-20(19(13-18)22(31)26-8-12-33-2)27-23(32)21-16-34-24(28-21)29-9-3-4-10-29/h5-6,13,16-17,25H,3-4,7-12,14-15H2,1-2H3,(H,26,31)(H,27,32). The molecule has 10 heteroatoms. The van der Waals surface area contributed by atoms with Crippen LogP contribution in [-0.4, -0.2) is 80.7 Å². The lowest BCUT2D eigenvalue weighted by molar-refractivity contribution is 0.0937. The van der Waals surface area contributed by atoms with E-state index < -0.39 is 0 Å². The molecule has 1 unspecified atom stereocenters. The molecular formula is C24H34N6O3S. The second-order valence-corrected chi connectivity index (χ2v) is 9.65. The molecule has 2 amide bonds. The number of nitrogens with one attached hydrogen (secondary N) is 3. The fourth-order valence-electron chi connectivity index (χ4n) is 4.31. The third kappa shape index (κ3) is 6.12. The van der Waals surface area contributed by atoms with Crippen molar-refractivity contribution in [2.75, 3.05) is 63.2 Å². The molecule has 2 aromatic rings. The summed E-state index contributed by atoms with van der Waals surface area (Å²) in [7, 11) is 1.59. The van der Waals surface area contributed by atoms with Crippen LogP contribution in [0.5, 0.6) is 0 Å². The second kappa shape index (κ2) is 11.7. The number of nitrogens with zero attached hydrogens (tertiary/aromatic N) is 3. The lowest BCUT2D eigenvalue weighted by Gasteiger charge is -2.34. The first kappa shape index (κ1) is 24.6. The van der Waals surface area contributed by atoms with Crippen molar-refractivity contribution in [3.63, 3.8) is 0 Å². The van der Waals surface area contributed by atoms with Crippen molar-refractivity contribution in [3.8, 4) is 0 Å². The number of aromatic nitrogens is 1. The van der Waals surface area contributed by atoms with Gasteiger partial charge in [-0.05, 0) is 37.5 Å². The van der Waals surface area contributed by atoms with Gasteiger partial charge in [0.05, 0.1) is 17.9 Å². The van der Waals surface area contributed by atoms with Gasteiger partial charge >= 0.3 is 0 Å². The van der Waals surface area contributed by atoms with Gasteiger partial charge in [0.15, 0.2) is 5.13 Å². The zero-order valence-electron chi connectivity index (χ0n) is 19.9. The Bertz CT molecular complexity index is 991. The molecule has 0 radical (unpaired) electrons. The Balaban J connectivity index is 1.51. The largest absolute Gasteiger partial charge is 0.383 e. The summed E-state index contributed by atoms with van der Waals surface area (Å²) >= 11 is 1.48. The number of rotatable bonds is 9. The van der Waals surface area contributed by atoms with E-state index in [-0.39, 0.29) is 11.8 Å². The quantitative estimate of drug-likeness (QED) is 0.467. The molecular weight excluding hydrogens is 452 g/mol. The van der Waals surface area contributed by atoms with E-state index in [1.807, 2.05) is 18.2 Å². The van der Waals surface area contributed by atoms with Crippen molar-refractivity contribution in [1.29, 1.82) is 0 Å². The van der Waals surface area contributed by atoms with Crippen LogP contribution in [0, 0.1) is 0 Å². The maximum absolute atomic E-state index is 13.0. The second-order valence-electron chi connectivity index (χ2n) is 8.82. The first-order valence-corrected chi connectivity index (χ1v) is 12.8. The third-order valence-electron chi connectivity index (χ3n) is 6.29. The Morgan fingerprint density at radius 3 is 2.82 bits per heavy atom. The minimum absolute atomic E-state index is 0.237. The Morgan fingerprint density at radius 1 is 1.24 bits per heavy atom. The summed E-state index contributed by atoms with van der Waals surface area (Å²) in [5.41, 5.74) is 2.33. The number of benzene rings is 1. The first-order chi connectivity index (χ1) is 16.5. The molecule has 2 fully saturated rings. The molecule has 9 nitrogen and oxygen atoms in total. The van der Waals surface area contributed by atoms with Crippen LogP contribution in [0.15, 0.2) is 23.6 Å². The van der Waals surface area contributed by atoms with E-state index in [0.717, 1.165) is 62.8 Å². The molecule has 1 aromatic heterocycles. The van der Waals surface area contributed by atoms with Crippen molar-refractivity contribution < 1.29 is 14.3 Å². The molecule has 2 saturated heterocycles. The van der Waals surface area contributed by atoms with E-state index in [0.29, 0.717) is 36.1 Å². The molecule has 34 heavy (non-hydrogen) atoms. The van der Waals surface area contributed by atoms with Gasteiger partial charge in [0.2, 0.25) is 0 Å². The predicted molar refractivity (Wildman–Crippen MR) is 135 cm³/mol. The van der Waals surface area contributed by atoms with Gasteiger partial charge in [0.25, 0.3) is 11.8 Å². The van der Waals surface area contributed by atoms with Crippen LogP contribution in [-0.2, 0) is 11.3 Å². The van der Waals surface area contributed by atoms with Gasteiger partial charge in [-0.1, -0.05) is 6.07 Å². The maximum atomic E-state index is 13.0. The van der Waals surface area contributed by atoms with Gasteiger partial charge in [-0.25, -0.2) is 4.98 Å². The number of anilines is 2. The normalized spacial score (nSPS) is 18.8. The highest BCUT2D eigenvalue weighted by atomic mass is 32.1.